The Hall–Kier alpha value is -3.81. The lowest BCUT2D eigenvalue weighted by Gasteiger charge is -2.29. The van der Waals surface area contributed by atoms with Crippen molar-refractivity contribution in [2.45, 2.75) is 19.4 Å². The molecular weight excluding hydrogens is 398 g/mol. The van der Waals surface area contributed by atoms with Crippen LogP contribution in [0, 0.1) is 25.5 Å². The number of allylic oxidation sites excluding steroid dienone is 1. The number of aliphatic imine (C=N–C) groups is 1. The van der Waals surface area contributed by atoms with E-state index in [-0.39, 0.29) is 12.4 Å². The van der Waals surface area contributed by atoms with E-state index in [0.29, 0.717) is 28.3 Å². The Morgan fingerprint density at radius 2 is 1.94 bits per heavy atom. The van der Waals surface area contributed by atoms with Gasteiger partial charge in [-0.15, -0.1) is 0 Å². The quantitative estimate of drug-likeness (QED) is 0.707. The number of halogens is 2. The summed E-state index contributed by atoms with van der Waals surface area (Å²) in [7, 11) is 0. The summed E-state index contributed by atoms with van der Waals surface area (Å²) in [5.41, 5.74) is 8.76. The molecule has 0 bridgehead atoms. The van der Waals surface area contributed by atoms with E-state index in [2.05, 4.69) is 10.1 Å². The lowest BCUT2D eigenvalue weighted by molar-refractivity contribution is 0.394. The number of imidazole rings is 1. The molecule has 6 nitrogen and oxygen atoms in total. The van der Waals surface area contributed by atoms with E-state index in [9.17, 15) is 4.39 Å². The summed E-state index contributed by atoms with van der Waals surface area (Å²) in [4.78, 5) is 9.06. The Morgan fingerprint density at radius 1 is 1.10 bits per heavy atom. The molecule has 1 unspecified atom stereocenters. The average molecular weight is 418 g/mol. The summed E-state index contributed by atoms with van der Waals surface area (Å²) in [6, 6.07) is 9.49. The first kappa shape index (κ1) is 19.2. The predicted octanol–water partition coefficient (Wildman–Crippen LogP) is 3.57. The molecule has 2 aliphatic heterocycles. The Bertz CT molecular complexity index is 1290. The van der Waals surface area contributed by atoms with E-state index in [1.165, 1.54) is 18.2 Å². The van der Waals surface area contributed by atoms with Crippen LogP contribution < -0.4 is 5.73 Å². The van der Waals surface area contributed by atoms with Gasteiger partial charge in [-0.3, -0.25) is 0 Å². The number of benzene rings is 2. The zero-order valence-electron chi connectivity index (χ0n) is 17.0. The molecule has 156 valence electrons. The second-order valence-corrected chi connectivity index (χ2v) is 7.79. The summed E-state index contributed by atoms with van der Waals surface area (Å²) in [6.45, 7) is 4.00. The fraction of sp³-hybridized carbons (Fsp3) is 0.174. The van der Waals surface area contributed by atoms with Crippen LogP contribution in [0.15, 0.2) is 70.8 Å². The van der Waals surface area contributed by atoms with Gasteiger partial charge in [-0.25, -0.2) is 23.8 Å². The van der Waals surface area contributed by atoms with Crippen LogP contribution in [-0.4, -0.2) is 33.2 Å². The second-order valence-electron chi connectivity index (χ2n) is 7.79. The van der Waals surface area contributed by atoms with E-state index in [4.69, 9.17) is 10.7 Å². The van der Waals surface area contributed by atoms with Gasteiger partial charge in [0.25, 0.3) is 0 Å². The van der Waals surface area contributed by atoms with Gasteiger partial charge in [-0.2, -0.15) is 5.10 Å². The zero-order chi connectivity index (χ0) is 21.8. The molecule has 8 heteroatoms. The lowest BCUT2D eigenvalue weighted by atomic mass is 9.81. The number of hydrazone groups is 1. The summed E-state index contributed by atoms with van der Waals surface area (Å²) in [6.07, 6.45) is 6.57. The second kappa shape index (κ2) is 6.87. The molecule has 0 amide bonds. The van der Waals surface area contributed by atoms with Crippen LogP contribution in [0.3, 0.4) is 0 Å². The van der Waals surface area contributed by atoms with Crippen LogP contribution in [-0.2, 0) is 5.54 Å². The van der Waals surface area contributed by atoms with Crippen LogP contribution in [0.4, 0.5) is 8.78 Å². The zero-order valence-corrected chi connectivity index (χ0v) is 17.0. The molecule has 2 N–H and O–H groups in total. The molecule has 3 aromatic rings. The van der Waals surface area contributed by atoms with Gasteiger partial charge in [0.15, 0.2) is 5.84 Å². The van der Waals surface area contributed by atoms with E-state index >= 15 is 4.39 Å². The monoisotopic (exact) mass is 418 g/mol. The SMILES string of the molecule is Cc1cn(-c2ccc(C3(c4cc(F)ccc4C)CN4N=CC=C(N)C4=N3)cc2F)cn1. The largest absolute Gasteiger partial charge is 0.396 e. The van der Waals surface area contributed by atoms with Crippen molar-refractivity contribution < 1.29 is 8.78 Å². The highest BCUT2D eigenvalue weighted by atomic mass is 19.1. The number of fused-ring (bicyclic) bond motifs is 1. The molecule has 0 spiro atoms. The number of hydrogen-bond acceptors (Lipinski definition) is 5. The molecule has 0 aliphatic carbocycles. The number of nitrogens with two attached hydrogens (primary N) is 1. The number of aryl methyl sites for hydroxylation is 2. The Kier molecular flexibility index (Phi) is 4.25. The number of nitrogens with zero attached hydrogens (tertiary/aromatic N) is 5. The molecule has 1 aromatic heterocycles. The maximum Gasteiger partial charge on any atom is 0.169 e. The number of hydrogen-bond donors (Lipinski definition) is 1. The number of amidine groups is 1. The predicted molar refractivity (Wildman–Crippen MR) is 115 cm³/mol. The fourth-order valence-corrected chi connectivity index (χ4v) is 4.17. The first-order valence-electron chi connectivity index (χ1n) is 9.82. The Labute approximate surface area is 178 Å². The third kappa shape index (κ3) is 3.02. The lowest BCUT2D eigenvalue weighted by Crippen LogP contribution is -2.35. The van der Waals surface area contributed by atoms with Gasteiger partial charge in [0.1, 0.15) is 17.2 Å². The highest BCUT2D eigenvalue weighted by Gasteiger charge is 2.45. The maximum atomic E-state index is 15.3. The molecule has 31 heavy (non-hydrogen) atoms. The van der Waals surface area contributed by atoms with Crippen molar-refractivity contribution in [3.8, 4) is 5.69 Å². The molecule has 2 aromatic carbocycles. The topological polar surface area (TPSA) is 71.8 Å². The molecule has 2 aliphatic rings. The first-order chi connectivity index (χ1) is 14.9. The van der Waals surface area contributed by atoms with Gasteiger partial charge in [0.05, 0.1) is 30.0 Å². The molecule has 0 radical (unpaired) electrons. The van der Waals surface area contributed by atoms with Crippen LogP contribution in [0.1, 0.15) is 22.4 Å². The molecule has 3 heterocycles. The van der Waals surface area contributed by atoms with Gasteiger partial charge in [0.2, 0.25) is 0 Å². The summed E-state index contributed by atoms with van der Waals surface area (Å²) >= 11 is 0. The fourth-order valence-electron chi connectivity index (χ4n) is 4.17. The first-order valence-corrected chi connectivity index (χ1v) is 9.82. The average Bonchev–Trinajstić information content (AvgIpc) is 3.35. The van der Waals surface area contributed by atoms with E-state index in [1.807, 2.05) is 19.9 Å². The Balaban J connectivity index is 1.71. The van der Waals surface area contributed by atoms with E-state index in [0.717, 1.165) is 11.3 Å². The molecule has 0 fully saturated rings. The van der Waals surface area contributed by atoms with Crippen molar-refractivity contribution in [2.75, 3.05) is 6.54 Å². The van der Waals surface area contributed by atoms with Crippen molar-refractivity contribution in [3.05, 3.63) is 94.7 Å². The van der Waals surface area contributed by atoms with Gasteiger partial charge in [-0.05, 0) is 60.9 Å². The third-order valence-corrected chi connectivity index (χ3v) is 5.70. The Morgan fingerprint density at radius 3 is 2.65 bits per heavy atom. The van der Waals surface area contributed by atoms with Crippen molar-refractivity contribution >= 4 is 12.1 Å². The summed E-state index contributed by atoms with van der Waals surface area (Å²) < 4.78 is 31.2. The number of aromatic nitrogens is 2. The smallest absolute Gasteiger partial charge is 0.169 e. The standard InChI is InChI=1S/C23H20F2N6/c1-14-3-5-17(24)10-18(14)23(12-31-22(29-23)20(26)7-8-28-31)16-4-6-21(19(25)9-16)30-11-15(2)27-13-30/h3-11,13H,12,26H2,1-2H3. The van der Waals surface area contributed by atoms with E-state index < -0.39 is 11.4 Å². The van der Waals surface area contributed by atoms with Gasteiger partial charge >= 0.3 is 0 Å². The minimum atomic E-state index is -1.06. The van der Waals surface area contributed by atoms with Crippen LogP contribution in [0.5, 0.6) is 0 Å². The third-order valence-electron chi connectivity index (χ3n) is 5.70. The molecule has 0 saturated heterocycles. The summed E-state index contributed by atoms with van der Waals surface area (Å²) in [5, 5.41) is 6.02. The number of rotatable bonds is 3. The van der Waals surface area contributed by atoms with Crippen molar-refractivity contribution in [1.82, 2.24) is 14.6 Å². The molecule has 0 saturated carbocycles. The van der Waals surface area contributed by atoms with Gasteiger partial charge in [0, 0.05) is 12.4 Å². The summed E-state index contributed by atoms with van der Waals surface area (Å²) in [5.74, 6) is -0.329. The highest BCUT2D eigenvalue weighted by Crippen LogP contribution is 2.42. The van der Waals surface area contributed by atoms with Crippen LogP contribution >= 0.6 is 0 Å². The minimum absolute atomic E-state index is 0.278. The van der Waals surface area contributed by atoms with Crippen molar-refractivity contribution in [3.63, 3.8) is 0 Å². The van der Waals surface area contributed by atoms with Gasteiger partial charge < -0.3 is 10.3 Å². The maximum absolute atomic E-state index is 15.3. The van der Waals surface area contributed by atoms with Crippen LogP contribution in [0.2, 0.25) is 0 Å². The highest BCUT2D eigenvalue weighted by molar-refractivity contribution is 6.04. The van der Waals surface area contributed by atoms with Crippen LogP contribution in [0.25, 0.3) is 5.69 Å². The molecular formula is C23H20F2N6. The molecule has 1 atom stereocenters. The van der Waals surface area contributed by atoms with Crippen molar-refractivity contribution in [1.29, 1.82) is 0 Å². The van der Waals surface area contributed by atoms with Crippen molar-refractivity contribution in [2.24, 2.45) is 15.8 Å². The molecule has 5 rings (SSSR count). The van der Waals surface area contributed by atoms with E-state index in [1.54, 1.807) is 46.5 Å². The normalized spacial score (nSPS) is 19.9. The minimum Gasteiger partial charge on any atom is -0.396 e. The van der Waals surface area contributed by atoms with Gasteiger partial charge in [-0.1, -0.05) is 12.1 Å².